The molecule has 1 N–H and O–H groups in total. The second-order valence-electron chi connectivity index (χ2n) is 8.28. The number of likely N-dealkylation sites (tertiary alicyclic amines) is 2. The number of piperidine rings is 2. The number of aryl methyl sites for hydroxylation is 1. The fourth-order valence-electron chi connectivity index (χ4n) is 4.81. The molecule has 2 fully saturated rings. The zero-order valence-electron chi connectivity index (χ0n) is 18.3. The zero-order chi connectivity index (χ0) is 20.2. The standard InChI is InChI=1S/C22H33N7.HI/c1-17-25-26-21(27(17)3)14-24-22(23-2)29-13-11-20-19(16-29)10-7-12-28(20)15-18-8-5-4-6-9-18;/h4-6,8-9,19-20H,7,10-16H2,1-3H3,(H,23,24);1H. The number of nitrogens with one attached hydrogen (secondary N) is 1. The zero-order valence-corrected chi connectivity index (χ0v) is 20.6. The van der Waals surface area contributed by atoms with E-state index in [-0.39, 0.29) is 24.0 Å². The van der Waals surface area contributed by atoms with Gasteiger partial charge in [-0.05, 0) is 44.2 Å². The summed E-state index contributed by atoms with van der Waals surface area (Å²) in [7, 11) is 3.88. The molecule has 2 aromatic rings. The highest BCUT2D eigenvalue weighted by molar-refractivity contribution is 14.0. The molecule has 2 saturated heterocycles. The van der Waals surface area contributed by atoms with Gasteiger partial charge in [-0.1, -0.05) is 30.3 Å². The minimum atomic E-state index is 0. The van der Waals surface area contributed by atoms with E-state index in [0.717, 1.165) is 37.2 Å². The van der Waals surface area contributed by atoms with E-state index in [0.29, 0.717) is 18.5 Å². The lowest BCUT2D eigenvalue weighted by Gasteiger charge is -2.48. The van der Waals surface area contributed by atoms with Gasteiger partial charge in [0.05, 0.1) is 6.54 Å². The third-order valence-electron chi connectivity index (χ3n) is 6.51. The van der Waals surface area contributed by atoms with Crippen molar-refractivity contribution in [2.24, 2.45) is 18.0 Å². The van der Waals surface area contributed by atoms with Crippen molar-refractivity contribution in [1.82, 2.24) is 29.9 Å². The molecule has 2 aliphatic heterocycles. The van der Waals surface area contributed by atoms with Crippen molar-refractivity contribution >= 4 is 29.9 Å². The van der Waals surface area contributed by atoms with Gasteiger partial charge in [0.2, 0.25) is 0 Å². The lowest BCUT2D eigenvalue weighted by Crippen LogP contribution is -2.56. The largest absolute Gasteiger partial charge is 0.349 e. The topological polar surface area (TPSA) is 61.6 Å². The predicted molar refractivity (Wildman–Crippen MR) is 131 cm³/mol. The van der Waals surface area contributed by atoms with Crippen molar-refractivity contribution in [2.75, 3.05) is 26.7 Å². The van der Waals surface area contributed by atoms with Crippen LogP contribution in [0.15, 0.2) is 35.3 Å². The summed E-state index contributed by atoms with van der Waals surface area (Å²) >= 11 is 0. The molecular weight excluding hydrogens is 489 g/mol. The number of rotatable bonds is 4. The maximum atomic E-state index is 4.55. The number of nitrogens with zero attached hydrogens (tertiary/aromatic N) is 6. The number of guanidine groups is 1. The Morgan fingerprint density at radius 3 is 2.67 bits per heavy atom. The van der Waals surface area contributed by atoms with Crippen molar-refractivity contribution in [1.29, 1.82) is 0 Å². The summed E-state index contributed by atoms with van der Waals surface area (Å²) in [5, 5.41) is 11.9. The maximum absolute atomic E-state index is 4.55. The van der Waals surface area contributed by atoms with Crippen LogP contribution >= 0.6 is 24.0 Å². The van der Waals surface area contributed by atoms with Crippen LogP contribution in [0.5, 0.6) is 0 Å². The lowest BCUT2D eigenvalue weighted by molar-refractivity contribution is 0.0372. The second kappa shape index (κ2) is 10.6. The first kappa shape index (κ1) is 23.0. The van der Waals surface area contributed by atoms with Crippen LogP contribution in [0.2, 0.25) is 0 Å². The maximum Gasteiger partial charge on any atom is 0.194 e. The third-order valence-corrected chi connectivity index (χ3v) is 6.51. The van der Waals surface area contributed by atoms with Gasteiger partial charge in [-0.15, -0.1) is 34.2 Å². The normalized spacial score (nSPS) is 22.4. The monoisotopic (exact) mass is 523 g/mol. The van der Waals surface area contributed by atoms with Crippen molar-refractivity contribution in [3.63, 3.8) is 0 Å². The van der Waals surface area contributed by atoms with Crippen molar-refractivity contribution < 1.29 is 0 Å². The molecule has 7 nitrogen and oxygen atoms in total. The second-order valence-corrected chi connectivity index (χ2v) is 8.28. The molecule has 30 heavy (non-hydrogen) atoms. The molecule has 0 aliphatic carbocycles. The van der Waals surface area contributed by atoms with E-state index in [2.05, 4.69) is 60.6 Å². The summed E-state index contributed by atoms with van der Waals surface area (Å²) in [6.45, 7) is 7.03. The molecular formula is C22H34IN7. The molecule has 0 spiro atoms. The summed E-state index contributed by atoms with van der Waals surface area (Å²) in [6, 6.07) is 11.6. The first-order chi connectivity index (χ1) is 14.2. The van der Waals surface area contributed by atoms with Gasteiger partial charge in [0.15, 0.2) is 11.8 Å². The quantitative estimate of drug-likeness (QED) is 0.380. The number of fused-ring (bicyclic) bond motifs is 1. The minimum Gasteiger partial charge on any atom is -0.349 e. The molecule has 4 rings (SSSR count). The number of aliphatic imine (C=N–C) groups is 1. The molecule has 0 amide bonds. The van der Waals surface area contributed by atoms with Gasteiger partial charge in [0.25, 0.3) is 0 Å². The molecule has 0 saturated carbocycles. The van der Waals surface area contributed by atoms with E-state index in [9.17, 15) is 0 Å². The SMILES string of the molecule is CN=C(NCc1nnc(C)n1C)N1CCC2C(CCCN2Cc2ccccc2)C1.I. The van der Waals surface area contributed by atoms with Crippen molar-refractivity contribution in [3.8, 4) is 0 Å². The summed E-state index contributed by atoms with van der Waals surface area (Å²) in [6.07, 6.45) is 3.79. The van der Waals surface area contributed by atoms with Gasteiger partial charge in [-0.3, -0.25) is 9.89 Å². The van der Waals surface area contributed by atoms with Crippen LogP contribution in [0.1, 0.15) is 36.5 Å². The predicted octanol–water partition coefficient (Wildman–Crippen LogP) is 2.80. The third kappa shape index (κ3) is 5.14. The first-order valence-corrected chi connectivity index (χ1v) is 10.7. The van der Waals surface area contributed by atoms with Crippen molar-refractivity contribution in [2.45, 2.75) is 45.3 Å². The summed E-state index contributed by atoms with van der Waals surface area (Å²) in [4.78, 5) is 9.68. The highest BCUT2D eigenvalue weighted by Crippen LogP contribution is 2.31. The summed E-state index contributed by atoms with van der Waals surface area (Å²) in [5.74, 6) is 3.55. The molecule has 1 aromatic carbocycles. The molecule has 3 heterocycles. The van der Waals surface area contributed by atoms with Crippen LogP contribution in [0.25, 0.3) is 0 Å². The molecule has 164 valence electrons. The summed E-state index contributed by atoms with van der Waals surface area (Å²) in [5.41, 5.74) is 1.42. The van der Waals surface area contributed by atoms with Crippen LogP contribution < -0.4 is 5.32 Å². The van der Waals surface area contributed by atoms with Crippen LogP contribution in [0.3, 0.4) is 0 Å². The van der Waals surface area contributed by atoms with E-state index >= 15 is 0 Å². The van der Waals surface area contributed by atoms with E-state index in [1.807, 2.05) is 25.6 Å². The smallest absolute Gasteiger partial charge is 0.194 e. The average molecular weight is 523 g/mol. The Morgan fingerprint density at radius 2 is 1.97 bits per heavy atom. The average Bonchev–Trinajstić information content (AvgIpc) is 3.07. The first-order valence-electron chi connectivity index (χ1n) is 10.7. The van der Waals surface area contributed by atoms with Crippen molar-refractivity contribution in [3.05, 3.63) is 47.5 Å². The van der Waals surface area contributed by atoms with Gasteiger partial charge in [0, 0.05) is 39.8 Å². The lowest BCUT2D eigenvalue weighted by atomic mass is 9.83. The highest BCUT2D eigenvalue weighted by atomic mass is 127. The van der Waals surface area contributed by atoms with Gasteiger partial charge in [-0.2, -0.15) is 0 Å². The Bertz CT molecular complexity index is 835. The summed E-state index contributed by atoms with van der Waals surface area (Å²) < 4.78 is 2.02. The van der Waals surface area contributed by atoms with E-state index in [1.54, 1.807) is 0 Å². The molecule has 8 heteroatoms. The van der Waals surface area contributed by atoms with Gasteiger partial charge < -0.3 is 14.8 Å². The molecule has 2 atom stereocenters. The molecule has 1 aromatic heterocycles. The number of aromatic nitrogens is 3. The van der Waals surface area contributed by atoms with E-state index in [4.69, 9.17) is 0 Å². The van der Waals surface area contributed by atoms with Gasteiger partial charge >= 0.3 is 0 Å². The number of benzene rings is 1. The Balaban J connectivity index is 0.00000256. The van der Waals surface area contributed by atoms with Crippen LogP contribution in [0.4, 0.5) is 0 Å². The van der Waals surface area contributed by atoms with Gasteiger partial charge in [0.1, 0.15) is 5.82 Å². The van der Waals surface area contributed by atoms with Crippen LogP contribution in [0, 0.1) is 12.8 Å². The Morgan fingerprint density at radius 1 is 1.17 bits per heavy atom. The fraction of sp³-hybridized carbons (Fsp3) is 0.591. The van der Waals surface area contributed by atoms with Crippen LogP contribution in [-0.2, 0) is 20.1 Å². The molecule has 2 aliphatic rings. The van der Waals surface area contributed by atoms with Crippen LogP contribution in [-0.4, -0.2) is 63.2 Å². The molecule has 0 radical (unpaired) electrons. The fourth-order valence-corrected chi connectivity index (χ4v) is 4.81. The Kier molecular flexibility index (Phi) is 8.10. The highest BCUT2D eigenvalue weighted by Gasteiger charge is 2.36. The van der Waals surface area contributed by atoms with E-state index in [1.165, 1.54) is 31.4 Å². The molecule has 0 bridgehead atoms. The number of halogens is 1. The minimum absolute atomic E-state index is 0. The number of hydrogen-bond acceptors (Lipinski definition) is 4. The molecule has 2 unspecified atom stereocenters. The Labute approximate surface area is 197 Å². The van der Waals surface area contributed by atoms with Gasteiger partial charge in [-0.25, -0.2) is 0 Å². The van der Waals surface area contributed by atoms with E-state index < -0.39 is 0 Å². The Hall–Kier alpha value is -1.68. The number of hydrogen-bond donors (Lipinski definition) is 1.